The number of hydrogen-bond acceptors (Lipinski definition) is 4. The van der Waals surface area contributed by atoms with Crippen molar-refractivity contribution in [1.29, 1.82) is 0 Å². The number of benzene rings is 2. The zero-order valence-electron chi connectivity index (χ0n) is 12.8. The summed E-state index contributed by atoms with van der Waals surface area (Å²) in [6, 6.07) is 5.13. The summed E-state index contributed by atoms with van der Waals surface area (Å²) in [7, 11) is -11.0. The lowest BCUT2D eigenvalue weighted by atomic mass is 10.2. The number of hydrogen-bond donors (Lipinski definition) is 0. The maximum absolute atomic E-state index is 13.0. The largest absolute Gasteiger partial charge is 0.417 e. The molecular weight excluding hydrogens is 424 g/mol. The lowest BCUT2D eigenvalue weighted by Crippen LogP contribution is -2.27. The SMILES string of the molecule is O=S(=O)([N]S(=O)(=O)c1ccccc1C(F)(F)F)c1ccccc1C(F)(F)F. The van der Waals surface area contributed by atoms with Gasteiger partial charge in [-0.25, -0.2) is 16.8 Å². The lowest BCUT2D eigenvalue weighted by Gasteiger charge is -2.14. The Morgan fingerprint density at radius 1 is 0.593 bits per heavy atom. The topological polar surface area (TPSA) is 82.4 Å². The molecule has 0 amide bonds. The van der Waals surface area contributed by atoms with Gasteiger partial charge in [0.05, 0.1) is 20.9 Å². The molecular formula is C14H8F6NO4S2. The smallest absolute Gasteiger partial charge is 0.204 e. The van der Waals surface area contributed by atoms with Crippen molar-refractivity contribution in [2.45, 2.75) is 22.1 Å². The van der Waals surface area contributed by atoms with Gasteiger partial charge in [-0.3, -0.25) is 0 Å². The first kappa shape index (κ1) is 21.2. The van der Waals surface area contributed by atoms with Crippen LogP contribution in [-0.2, 0) is 32.4 Å². The quantitative estimate of drug-likeness (QED) is 0.694. The molecule has 0 aliphatic carbocycles. The Balaban J connectivity index is 2.58. The fourth-order valence-corrected chi connectivity index (χ4v) is 5.16. The predicted molar refractivity (Wildman–Crippen MR) is 79.4 cm³/mol. The summed E-state index contributed by atoms with van der Waals surface area (Å²) in [6.07, 6.45) is -10.3. The summed E-state index contributed by atoms with van der Waals surface area (Å²) in [5.41, 5.74) is -3.40. The second kappa shape index (κ2) is 6.80. The summed E-state index contributed by atoms with van der Waals surface area (Å²) in [5.74, 6) is 0. The van der Waals surface area contributed by atoms with Crippen LogP contribution in [0, 0.1) is 0 Å². The van der Waals surface area contributed by atoms with Gasteiger partial charge in [-0.1, -0.05) is 24.3 Å². The Morgan fingerprint density at radius 3 is 1.19 bits per heavy atom. The average molecular weight is 432 g/mol. The first-order chi connectivity index (χ1) is 12.2. The molecule has 0 aromatic heterocycles. The van der Waals surface area contributed by atoms with Gasteiger partial charge in [-0.05, 0) is 24.3 Å². The van der Waals surface area contributed by atoms with Crippen LogP contribution in [0.4, 0.5) is 26.3 Å². The molecule has 1 radical (unpaired) electrons. The van der Waals surface area contributed by atoms with Crippen LogP contribution in [0.5, 0.6) is 0 Å². The zero-order chi connectivity index (χ0) is 20.7. The first-order valence-corrected chi connectivity index (χ1v) is 9.61. The van der Waals surface area contributed by atoms with Crippen molar-refractivity contribution in [3.63, 3.8) is 0 Å². The van der Waals surface area contributed by atoms with E-state index >= 15 is 0 Å². The highest BCUT2D eigenvalue weighted by molar-refractivity contribution is 8.04. The maximum Gasteiger partial charge on any atom is 0.417 e. The molecule has 0 N–H and O–H groups in total. The highest BCUT2D eigenvalue weighted by atomic mass is 32.3. The van der Waals surface area contributed by atoms with Crippen molar-refractivity contribution in [2.24, 2.45) is 0 Å². The fraction of sp³-hybridized carbons (Fsp3) is 0.143. The van der Waals surface area contributed by atoms with Gasteiger partial charge in [0, 0.05) is 4.13 Å². The molecule has 2 aromatic rings. The first-order valence-electron chi connectivity index (χ1n) is 6.73. The molecule has 0 spiro atoms. The van der Waals surface area contributed by atoms with E-state index in [9.17, 15) is 43.2 Å². The Kier molecular flexibility index (Phi) is 5.33. The second-order valence-electron chi connectivity index (χ2n) is 5.01. The minimum atomic E-state index is -5.49. The van der Waals surface area contributed by atoms with Crippen LogP contribution in [0.15, 0.2) is 58.3 Å². The number of sulfonamides is 2. The minimum Gasteiger partial charge on any atom is -0.204 e. The van der Waals surface area contributed by atoms with E-state index in [0.717, 1.165) is 24.3 Å². The van der Waals surface area contributed by atoms with Crippen molar-refractivity contribution < 1.29 is 43.2 Å². The number of halogens is 6. The molecule has 0 saturated carbocycles. The van der Waals surface area contributed by atoms with E-state index < -0.39 is 53.3 Å². The van der Waals surface area contributed by atoms with Crippen LogP contribution < -0.4 is 4.13 Å². The number of rotatable bonds is 4. The molecule has 147 valence electrons. The average Bonchev–Trinajstić information content (AvgIpc) is 2.52. The highest BCUT2D eigenvalue weighted by Gasteiger charge is 2.42. The maximum atomic E-state index is 13.0. The number of alkyl halides is 6. The molecule has 0 fully saturated rings. The van der Waals surface area contributed by atoms with E-state index in [0.29, 0.717) is 24.3 Å². The normalized spacial score (nSPS) is 13.6. The van der Waals surface area contributed by atoms with E-state index in [1.165, 1.54) is 0 Å². The Labute approximate surface area is 149 Å². The van der Waals surface area contributed by atoms with E-state index in [1.54, 1.807) is 0 Å². The van der Waals surface area contributed by atoms with E-state index in [4.69, 9.17) is 0 Å². The predicted octanol–water partition coefficient (Wildman–Crippen LogP) is 3.41. The third-order valence-corrected chi connectivity index (χ3v) is 6.53. The Bertz CT molecular complexity index is 974. The second-order valence-corrected chi connectivity index (χ2v) is 8.39. The van der Waals surface area contributed by atoms with Crippen molar-refractivity contribution in [2.75, 3.05) is 0 Å². The van der Waals surface area contributed by atoms with E-state index in [1.807, 2.05) is 0 Å². The van der Waals surface area contributed by atoms with Gasteiger partial charge in [-0.15, -0.1) is 0 Å². The van der Waals surface area contributed by atoms with E-state index in [-0.39, 0.29) is 0 Å². The van der Waals surface area contributed by atoms with Gasteiger partial charge in [0.2, 0.25) is 0 Å². The molecule has 2 aromatic carbocycles. The van der Waals surface area contributed by atoms with Crippen molar-refractivity contribution in [3.05, 3.63) is 59.7 Å². The summed E-state index contributed by atoms with van der Waals surface area (Å²) in [5, 5.41) is 0. The molecule has 27 heavy (non-hydrogen) atoms. The summed E-state index contributed by atoms with van der Waals surface area (Å²) in [6.45, 7) is 0. The molecule has 13 heteroatoms. The molecule has 0 heterocycles. The molecule has 5 nitrogen and oxygen atoms in total. The molecule has 0 saturated heterocycles. The molecule has 0 aliphatic heterocycles. The van der Waals surface area contributed by atoms with Crippen molar-refractivity contribution >= 4 is 20.0 Å². The molecule has 0 unspecified atom stereocenters. The Hall–Kier alpha value is -2.12. The molecule has 0 bridgehead atoms. The van der Waals surface area contributed by atoms with Crippen LogP contribution in [0.3, 0.4) is 0 Å². The third kappa shape index (κ3) is 4.59. The summed E-state index contributed by atoms with van der Waals surface area (Å²) < 4.78 is 129. The van der Waals surface area contributed by atoms with E-state index in [2.05, 4.69) is 4.13 Å². The molecule has 0 atom stereocenters. The zero-order valence-corrected chi connectivity index (χ0v) is 14.4. The lowest BCUT2D eigenvalue weighted by molar-refractivity contribution is -0.140. The van der Waals surface area contributed by atoms with Crippen LogP contribution in [-0.4, -0.2) is 16.8 Å². The summed E-state index contributed by atoms with van der Waals surface area (Å²) >= 11 is 0. The third-order valence-electron chi connectivity index (χ3n) is 3.14. The Morgan fingerprint density at radius 2 is 0.889 bits per heavy atom. The standard InChI is InChI=1S/C14H8F6NO4S2/c15-13(16,17)9-5-1-3-7-11(9)26(22,23)21-27(24,25)12-8-4-2-6-10(12)14(18,19)20/h1-8H. The fourth-order valence-electron chi connectivity index (χ4n) is 2.06. The van der Waals surface area contributed by atoms with Gasteiger partial charge < -0.3 is 0 Å². The van der Waals surface area contributed by atoms with Crippen LogP contribution in [0.25, 0.3) is 0 Å². The molecule has 2 rings (SSSR count). The van der Waals surface area contributed by atoms with Gasteiger partial charge in [0.15, 0.2) is 0 Å². The van der Waals surface area contributed by atoms with Gasteiger partial charge in [0.25, 0.3) is 20.0 Å². The highest BCUT2D eigenvalue weighted by Crippen LogP contribution is 2.36. The van der Waals surface area contributed by atoms with Crippen LogP contribution in [0.2, 0.25) is 0 Å². The summed E-state index contributed by atoms with van der Waals surface area (Å²) in [4.78, 5) is -2.99. The van der Waals surface area contributed by atoms with Gasteiger partial charge in [0.1, 0.15) is 0 Å². The molecule has 0 aliphatic rings. The van der Waals surface area contributed by atoms with Crippen LogP contribution in [0.1, 0.15) is 11.1 Å². The monoisotopic (exact) mass is 432 g/mol. The minimum absolute atomic E-state index is 0.374. The van der Waals surface area contributed by atoms with Gasteiger partial charge >= 0.3 is 12.4 Å². The number of nitrogens with zero attached hydrogens (tertiary/aromatic N) is 1. The van der Waals surface area contributed by atoms with Crippen molar-refractivity contribution in [1.82, 2.24) is 4.13 Å². The van der Waals surface area contributed by atoms with Crippen LogP contribution >= 0.6 is 0 Å². The van der Waals surface area contributed by atoms with Gasteiger partial charge in [-0.2, -0.15) is 26.3 Å². The van der Waals surface area contributed by atoms with Crippen molar-refractivity contribution in [3.8, 4) is 0 Å².